The number of hydrogen-bond donors (Lipinski definition) is 3. The molecule has 0 unspecified atom stereocenters. The maximum atomic E-state index is 12.6. The van der Waals surface area contributed by atoms with Crippen molar-refractivity contribution in [2.24, 2.45) is 0 Å². The molecule has 0 aliphatic carbocycles. The Balaban J connectivity index is 1.90. The predicted octanol–water partition coefficient (Wildman–Crippen LogP) is 7.18. The zero-order valence-corrected chi connectivity index (χ0v) is 20.3. The maximum Gasteiger partial charge on any atom is 0.276 e. The minimum atomic E-state index is -0.855. The highest BCUT2D eigenvalue weighted by molar-refractivity contribution is 7.17. The van der Waals surface area contributed by atoms with E-state index in [-0.39, 0.29) is 11.1 Å². The molecule has 5 nitrogen and oxygen atoms in total. The third-order valence-corrected chi connectivity index (χ3v) is 6.37. The first-order valence-electron chi connectivity index (χ1n) is 9.04. The lowest BCUT2D eigenvalue weighted by Gasteiger charge is -2.16. The van der Waals surface area contributed by atoms with Crippen molar-refractivity contribution in [1.29, 1.82) is 5.41 Å². The molecule has 2 amide bonds. The molecule has 1 aromatic heterocycles. The molecule has 0 fully saturated rings. The first-order chi connectivity index (χ1) is 15.2. The molecule has 0 saturated carbocycles. The largest absolute Gasteiger partial charge is 0.353 e. The predicted molar refractivity (Wildman–Crippen MR) is 134 cm³/mol. The molecular weight excluding hydrogens is 512 g/mol. The number of amides is 2. The first kappa shape index (κ1) is 24.3. The lowest BCUT2D eigenvalue weighted by atomic mass is 10.1. The number of carbonyl (C=O) groups excluding carboxylic acids is 2. The van der Waals surface area contributed by atoms with Crippen LogP contribution in [-0.2, 0) is 4.79 Å². The summed E-state index contributed by atoms with van der Waals surface area (Å²) in [5.74, 6) is -1.50. The second-order valence-electron chi connectivity index (χ2n) is 6.52. The van der Waals surface area contributed by atoms with Crippen molar-refractivity contribution in [1.82, 2.24) is 5.32 Å². The van der Waals surface area contributed by atoms with E-state index in [1.165, 1.54) is 35.6 Å². The Morgan fingerprint density at radius 3 is 2.16 bits per heavy atom. The van der Waals surface area contributed by atoms with Gasteiger partial charge in [0.05, 0.1) is 25.6 Å². The molecule has 0 radical (unpaired) electrons. The van der Waals surface area contributed by atoms with Gasteiger partial charge in [0.2, 0.25) is 0 Å². The van der Waals surface area contributed by atoms with E-state index in [1.807, 2.05) is 0 Å². The second-order valence-corrected chi connectivity index (χ2v) is 9.51. The van der Waals surface area contributed by atoms with Crippen LogP contribution < -0.4 is 10.6 Å². The smallest absolute Gasteiger partial charge is 0.276 e. The van der Waals surface area contributed by atoms with Crippen molar-refractivity contribution in [2.45, 2.75) is 6.92 Å². The van der Waals surface area contributed by atoms with Gasteiger partial charge in [0.25, 0.3) is 11.8 Å². The Hall–Kier alpha value is -2.35. The zero-order valence-electron chi connectivity index (χ0n) is 16.4. The van der Waals surface area contributed by atoms with Crippen LogP contribution in [0.1, 0.15) is 22.2 Å². The highest BCUT2D eigenvalue weighted by atomic mass is 35.5. The number of carbonyl (C=O) groups is 2. The van der Waals surface area contributed by atoms with Gasteiger partial charge in [-0.1, -0.05) is 46.4 Å². The highest BCUT2D eigenvalue weighted by Gasteiger charge is 2.21. The van der Waals surface area contributed by atoms with Gasteiger partial charge in [0.1, 0.15) is 5.71 Å². The van der Waals surface area contributed by atoms with E-state index in [9.17, 15) is 9.59 Å². The highest BCUT2D eigenvalue weighted by Crippen LogP contribution is 2.34. The molecule has 3 aromatic rings. The summed E-state index contributed by atoms with van der Waals surface area (Å²) in [5, 5.41) is 15.0. The van der Waals surface area contributed by atoms with Crippen LogP contribution in [0.15, 0.2) is 60.2 Å². The Kier molecular flexibility index (Phi) is 7.98. The second kappa shape index (κ2) is 10.5. The number of nitrogens with one attached hydrogen (secondary N) is 3. The number of anilines is 1. The minimum Gasteiger partial charge on any atom is -0.353 e. The Labute approximate surface area is 208 Å². The molecule has 164 valence electrons. The lowest BCUT2D eigenvalue weighted by Crippen LogP contribution is -2.36. The van der Waals surface area contributed by atoms with Crippen molar-refractivity contribution in [3.8, 4) is 0 Å². The first-order valence-corrected chi connectivity index (χ1v) is 11.4. The van der Waals surface area contributed by atoms with Crippen LogP contribution >= 0.6 is 57.7 Å². The number of hydrogen-bond acceptors (Lipinski definition) is 5. The normalized spacial score (nSPS) is 11.5. The van der Waals surface area contributed by atoms with Gasteiger partial charge in [-0.2, -0.15) is 0 Å². The van der Waals surface area contributed by atoms with Crippen LogP contribution in [0, 0.1) is 5.41 Å². The third-order valence-electron chi connectivity index (χ3n) is 4.32. The Morgan fingerprint density at radius 1 is 0.906 bits per heavy atom. The van der Waals surface area contributed by atoms with Crippen LogP contribution in [0.3, 0.4) is 0 Å². The van der Waals surface area contributed by atoms with Gasteiger partial charge in [0.15, 0.2) is 0 Å². The van der Waals surface area contributed by atoms with Gasteiger partial charge in [-0.15, -0.1) is 11.3 Å². The summed E-state index contributed by atoms with van der Waals surface area (Å²) < 4.78 is 0.531. The van der Waals surface area contributed by atoms with E-state index >= 15 is 0 Å². The van der Waals surface area contributed by atoms with E-state index in [2.05, 4.69) is 10.6 Å². The number of imide groups is 1. The van der Waals surface area contributed by atoms with E-state index in [0.717, 1.165) is 0 Å². The van der Waals surface area contributed by atoms with Crippen molar-refractivity contribution in [3.05, 3.63) is 90.0 Å². The molecule has 3 N–H and O–H groups in total. The summed E-state index contributed by atoms with van der Waals surface area (Å²) in [6, 6.07) is 14.4. The van der Waals surface area contributed by atoms with Gasteiger partial charge >= 0.3 is 0 Å². The summed E-state index contributed by atoms with van der Waals surface area (Å²) in [7, 11) is 0. The molecule has 0 aliphatic rings. The summed E-state index contributed by atoms with van der Waals surface area (Å²) in [5.41, 5.74) is 1.11. The van der Waals surface area contributed by atoms with Gasteiger partial charge in [-0.25, -0.2) is 0 Å². The van der Waals surface area contributed by atoms with Gasteiger partial charge in [-0.3, -0.25) is 20.3 Å². The number of rotatable bonds is 6. The topological polar surface area (TPSA) is 82.1 Å². The molecule has 2 aromatic carbocycles. The Bertz CT molecular complexity index is 1240. The van der Waals surface area contributed by atoms with E-state index in [0.29, 0.717) is 35.7 Å². The molecular formula is C22H15Cl4N3O2S. The summed E-state index contributed by atoms with van der Waals surface area (Å²) in [6.07, 6.45) is 0. The number of thiophene rings is 1. The van der Waals surface area contributed by atoms with E-state index < -0.39 is 17.5 Å². The molecule has 10 heteroatoms. The molecule has 0 atom stereocenters. The van der Waals surface area contributed by atoms with Crippen LogP contribution in [0.5, 0.6) is 0 Å². The van der Waals surface area contributed by atoms with Crippen molar-refractivity contribution >= 4 is 86.7 Å². The van der Waals surface area contributed by atoms with E-state index in [1.54, 1.807) is 37.3 Å². The molecule has 0 spiro atoms. The quantitative estimate of drug-likeness (QED) is 0.297. The lowest BCUT2D eigenvalue weighted by molar-refractivity contribution is -0.113. The summed E-state index contributed by atoms with van der Waals surface area (Å²) in [6.45, 7) is 1.59. The monoisotopic (exact) mass is 525 g/mol. The van der Waals surface area contributed by atoms with Crippen LogP contribution in [0.25, 0.3) is 5.70 Å². The number of halogens is 4. The molecule has 0 saturated heterocycles. The minimum absolute atomic E-state index is 0.244. The zero-order chi connectivity index (χ0) is 23.4. The molecule has 0 bridgehead atoms. The van der Waals surface area contributed by atoms with Crippen LogP contribution in [0.4, 0.5) is 5.69 Å². The van der Waals surface area contributed by atoms with Gasteiger partial charge in [-0.05, 0) is 61.5 Å². The van der Waals surface area contributed by atoms with Crippen LogP contribution in [-0.4, -0.2) is 17.5 Å². The average Bonchev–Trinajstić information content (AvgIpc) is 3.18. The fraction of sp³-hybridized carbons (Fsp3) is 0.0455. The molecule has 1 heterocycles. The molecule has 0 aliphatic heterocycles. The average molecular weight is 527 g/mol. The maximum absolute atomic E-state index is 12.6. The van der Waals surface area contributed by atoms with Gasteiger partial charge < -0.3 is 5.32 Å². The van der Waals surface area contributed by atoms with Gasteiger partial charge in [0, 0.05) is 21.2 Å². The summed E-state index contributed by atoms with van der Waals surface area (Å²) >= 11 is 25.4. The summed E-state index contributed by atoms with van der Waals surface area (Å²) in [4.78, 5) is 25.7. The van der Waals surface area contributed by atoms with E-state index in [4.69, 9.17) is 51.8 Å². The fourth-order valence-corrected chi connectivity index (χ4v) is 4.33. The van der Waals surface area contributed by atoms with Crippen molar-refractivity contribution < 1.29 is 9.59 Å². The SMILES string of the molecule is C/C(C(=N)C(=O)NC(=O)c1ccc(Cl)cc1)=C(/Nc1ccc(Cl)cc1Cl)c1ccc(Cl)s1. The molecule has 32 heavy (non-hydrogen) atoms. The van der Waals surface area contributed by atoms with Crippen LogP contribution in [0.2, 0.25) is 19.4 Å². The van der Waals surface area contributed by atoms with Crippen molar-refractivity contribution in [3.63, 3.8) is 0 Å². The van der Waals surface area contributed by atoms with Crippen molar-refractivity contribution in [2.75, 3.05) is 5.32 Å². The fourth-order valence-electron chi connectivity index (χ4n) is 2.65. The third kappa shape index (κ3) is 5.91. The Morgan fingerprint density at radius 2 is 1.56 bits per heavy atom. The molecule has 3 rings (SSSR count). The standard InChI is InChI=1S/C22H15Cl4N3O2S/c1-11(19(27)22(31)29-21(30)12-2-4-13(23)5-3-12)20(17-8-9-18(26)32-17)28-16-7-6-14(24)10-15(16)25/h2-10,27-28H,1H3,(H,29,30,31)/b20-11-,27-19?. The number of benzene rings is 2.